The number of nitrogens with one attached hydrogen (secondary N) is 1. The van der Waals surface area contributed by atoms with Crippen molar-refractivity contribution in [2.75, 3.05) is 5.32 Å². The van der Waals surface area contributed by atoms with Gasteiger partial charge in [0.1, 0.15) is 10.1 Å². The molecule has 0 saturated heterocycles. The summed E-state index contributed by atoms with van der Waals surface area (Å²) in [5.74, 6) is -0.407. The Hall–Kier alpha value is -1.54. The van der Waals surface area contributed by atoms with Crippen molar-refractivity contribution in [2.24, 2.45) is 4.40 Å². The number of rotatable bonds is 3. The fraction of sp³-hybridized carbons (Fsp3) is 0.385. The first-order chi connectivity index (χ1) is 9.79. The van der Waals surface area contributed by atoms with Crippen molar-refractivity contribution in [3.8, 4) is 0 Å². The molecular formula is C13H16N2O4S2. The number of carbonyl (C=O) groups is 1. The number of sulfonamides is 1. The van der Waals surface area contributed by atoms with Gasteiger partial charge in [-0.25, -0.2) is 0 Å². The monoisotopic (exact) mass is 328 g/mol. The number of amidine groups is 1. The van der Waals surface area contributed by atoms with E-state index in [1.165, 1.54) is 6.07 Å². The lowest BCUT2D eigenvalue weighted by molar-refractivity contribution is -0.146. The highest BCUT2D eigenvalue weighted by molar-refractivity contribution is 8.15. The molecule has 1 atom stereocenters. The van der Waals surface area contributed by atoms with Gasteiger partial charge >= 0.3 is 5.97 Å². The molecule has 1 heterocycles. The van der Waals surface area contributed by atoms with Gasteiger partial charge < -0.3 is 10.1 Å². The number of ether oxygens (including phenoxy) is 1. The number of para-hydroxylation sites is 1. The minimum atomic E-state index is -3.73. The van der Waals surface area contributed by atoms with Gasteiger partial charge in [-0.15, -0.1) is 4.40 Å². The van der Waals surface area contributed by atoms with Crippen LogP contribution in [0.5, 0.6) is 0 Å². The molecule has 0 fully saturated rings. The number of anilines is 1. The SMILES string of the molecule is CC(C)OC(=O)C(C)SC1=NS(=O)(=O)c2ccccc2N1. The van der Waals surface area contributed by atoms with Crippen LogP contribution in [-0.4, -0.2) is 30.9 Å². The average Bonchev–Trinajstić information content (AvgIpc) is 2.37. The quantitative estimate of drug-likeness (QED) is 0.857. The van der Waals surface area contributed by atoms with E-state index < -0.39 is 21.2 Å². The molecule has 1 aliphatic rings. The highest BCUT2D eigenvalue weighted by Gasteiger charge is 2.27. The van der Waals surface area contributed by atoms with Crippen LogP contribution in [0.15, 0.2) is 33.6 Å². The zero-order chi connectivity index (χ0) is 15.6. The van der Waals surface area contributed by atoms with Crippen LogP contribution in [0.2, 0.25) is 0 Å². The Bertz CT molecular complexity index is 683. The summed E-state index contributed by atoms with van der Waals surface area (Å²) in [6.07, 6.45) is -0.216. The molecule has 114 valence electrons. The van der Waals surface area contributed by atoms with Crippen LogP contribution >= 0.6 is 11.8 Å². The van der Waals surface area contributed by atoms with Gasteiger partial charge in [-0.1, -0.05) is 23.9 Å². The van der Waals surface area contributed by atoms with Crippen molar-refractivity contribution in [3.05, 3.63) is 24.3 Å². The number of hydrogen-bond donors (Lipinski definition) is 1. The maximum absolute atomic E-state index is 12.1. The number of esters is 1. The van der Waals surface area contributed by atoms with Gasteiger partial charge in [0.15, 0.2) is 5.17 Å². The van der Waals surface area contributed by atoms with E-state index in [1.54, 1.807) is 39.0 Å². The Morgan fingerprint density at radius 2 is 1.95 bits per heavy atom. The normalized spacial score (nSPS) is 17.4. The van der Waals surface area contributed by atoms with E-state index in [4.69, 9.17) is 4.74 Å². The molecule has 0 bridgehead atoms. The smallest absolute Gasteiger partial charge is 0.319 e. The van der Waals surface area contributed by atoms with Crippen molar-refractivity contribution in [2.45, 2.75) is 37.0 Å². The van der Waals surface area contributed by atoms with Gasteiger partial charge in [-0.2, -0.15) is 8.42 Å². The predicted molar refractivity (Wildman–Crippen MR) is 83.0 cm³/mol. The van der Waals surface area contributed by atoms with Crippen LogP contribution in [0, 0.1) is 0 Å². The number of fused-ring (bicyclic) bond motifs is 1. The molecule has 0 aliphatic carbocycles. The molecular weight excluding hydrogens is 312 g/mol. The lowest BCUT2D eigenvalue weighted by Crippen LogP contribution is -2.26. The molecule has 6 nitrogen and oxygen atoms in total. The third-order valence-electron chi connectivity index (χ3n) is 2.58. The van der Waals surface area contributed by atoms with Crippen molar-refractivity contribution in [3.63, 3.8) is 0 Å². The fourth-order valence-corrected chi connectivity index (χ4v) is 3.82. The van der Waals surface area contributed by atoms with Crippen LogP contribution < -0.4 is 5.32 Å². The second-order valence-corrected chi connectivity index (χ2v) is 7.64. The molecule has 1 N–H and O–H groups in total. The van der Waals surface area contributed by atoms with Crippen molar-refractivity contribution in [1.82, 2.24) is 0 Å². The van der Waals surface area contributed by atoms with E-state index in [2.05, 4.69) is 9.71 Å². The first-order valence-electron chi connectivity index (χ1n) is 6.38. The van der Waals surface area contributed by atoms with Crippen LogP contribution in [-0.2, 0) is 19.6 Å². The molecule has 8 heteroatoms. The molecule has 1 unspecified atom stereocenters. The molecule has 0 amide bonds. The fourth-order valence-electron chi connectivity index (χ4n) is 1.69. The van der Waals surface area contributed by atoms with E-state index in [9.17, 15) is 13.2 Å². The van der Waals surface area contributed by atoms with Gasteiger partial charge in [0.2, 0.25) is 0 Å². The molecule has 0 radical (unpaired) electrons. The highest BCUT2D eigenvalue weighted by Crippen LogP contribution is 2.30. The van der Waals surface area contributed by atoms with Crippen LogP contribution in [0.3, 0.4) is 0 Å². The van der Waals surface area contributed by atoms with Crippen molar-refractivity contribution >= 4 is 38.6 Å². The molecule has 0 aromatic heterocycles. The number of thioether (sulfide) groups is 1. The molecule has 1 aliphatic heterocycles. The Balaban J connectivity index is 2.17. The molecule has 2 rings (SSSR count). The average molecular weight is 328 g/mol. The maximum Gasteiger partial charge on any atom is 0.319 e. The van der Waals surface area contributed by atoms with Crippen LogP contribution in [0.1, 0.15) is 20.8 Å². The van der Waals surface area contributed by atoms with E-state index in [0.29, 0.717) is 5.69 Å². The largest absolute Gasteiger partial charge is 0.462 e. The zero-order valence-corrected chi connectivity index (χ0v) is 13.5. The third-order valence-corrected chi connectivity index (χ3v) is 4.99. The summed E-state index contributed by atoms with van der Waals surface area (Å²) in [5.41, 5.74) is 0.458. The number of hydrogen-bond acceptors (Lipinski definition) is 6. The summed E-state index contributed by atoms with van der Waals surface area (Å²) >= 11 is 1.02. The Kier molecular flexibility index (Phi) is 4.58. The highest BCUT2D eigenvalue weighted by atomic mass is 32.2. The maximum atomic E-state index is 12.1. The summed E-state index contributed by atoms with van der Waals surface area (Å²) in [6.45, 7) is 5.16. The minimum Gasteiger partial charge on any atom is -0.462 e. The molecule has 0 spiro atoms. The molecule has 0 saturated carbocycles. The summed E-state index contributed by atoms with van der Waals surface area (Å²) in [6, 6.07) is 6.50. The van der Waals surface area contributed by atoms with E-state index in [-0.39, 0.29) is 16.2 Å². The standard InChI is InChI=1S/C13H16N2O4S2/c1-8(2)19-12(16)9(3)20-13-14-10-6-4-5-7-11(10)21(17,18)15-13/h4-9H,1-3H3,(H,14,15). The molecule has 1 aromatic carbocycles. The lowest BCUT2D eigenvalue weighted by atomic mass is 10.3. The summed E-state index contributed by atoms with van der Waals surface area (Å²) < 4.78 is 32.9. The molecule has 21 heavy (non-hydrogen) atoms. The number of nitrogens with zero attached hydrogens (tertiary/aromatic N) is 1. The van der Waals surface area contributed by atoms with E-state index >= 15 is 0 Å². The summed E-state index contributed by atoms with van der Waals surface area (Å²) in [4.78, 5) is 11.9. The number of carbonyl (C=O) groups excluding carboxylic acids is 1. The molecule has 1 aromatic rings. The van der Waals surface area contributed by atoms with Crippen molar-refractivity contribution < 1.29 is 17.9 Å². The van der Waals surface area contributed by atoms with E-state index in [1.807, 2.05) is 0 Å². The first-order valence-corrected chi connectivity index (χ1v) is 8.70. The Labute approximate surface area is 128 Å². The summed E-state index contributed by atoms with van der Waals surface area (Å²) in [7, 11) is -3.73. The van der Waals surface area contributed by atoms with Gasteiger partial charge in [-0.3, -0.25) is 4.79 Å². The second kappa shape index (κ2) is 6.07. The van der Waals surface area contributed by atoms with Gasteiger partial charge in [0.05, 0.1) is 11.8 Å². The third kappa shape index (κ3) is 3.76. The Morgan fingerprint density at radius 3 is 2.62 bits per heavy atom. The Morgan fingerprint density at radius 1 is 1.29 bits per heavy atom. The number of benzene rings is 1. The minimum absolute atomic E-state index is 0.131. The van der Waals surface area contributed by atoms with Crippen LogP contribution in [0.4, 0.5) is 5.69 Å². The van der Waals surface area contributed by atoms with Crippen LogP contribution in [0.25, 0.3) is 0 Å². The van der Waals surface area contributed by atoms with Gasteiger partial charge in [0, 0.05) is 0 Å². The predicted octanol–water partition coefficient (Wildman–Crippen LogP) is 2.23. The van der Waals surface area contributed by atoms with Gasteiger partial charge in [-0.05, 0) is 32.9 Å². The summed E-state index contributed by atoms with van der Waals surface area (Å²) in [5, 5.41) is 2.53. The van der Waals surface area contributed by atoms with Crippen molar-refractivity contribution in [1.29, 1.82) is 0 Å². The van der Waals surface area contributed by atoms with Gasteiger partial charge in [0.25, 0.3) is 10.0 Å². The lowest BCUT2D eigenvalue weighted by Gasteiger charge is -2.19. The zero-order valence-electron chi connectivity index (χ0n) is 11.9. The first kappa shape index (κ1) is 15.8. The topological polar surface area (TPSA) is 84.8 Å². The van der Waals surface area contributed by atoms with E-state index in [0.717, 1.165) is 11.8 Å². The second-order valence-electron chi connectivity index (χ2n) is 4.74.